The van der Waals surface area contributed by atoms with Gasteiger partial charge in [0.05, 0.1) is 11.6 Å². The molecule has 0 aliphatic heterocycles. The lowest BCUT2D eigenvalue weighted by molar-refractivity contribution is -0.118. The Morgan fingerprint density at radius 3 is 2.48 bits per heavy atom. The lowest BCUT2D eigenvalue weighted by Gasteiger charge is -2.16. The number of rotatable bonds is 7. The van der Waals surface area contributed by atoms with Gasteiger partial charge < -0.3 is 25.5 Å². The maximum atomic E-state index is 12.3. The van der Waals surface area contributed by atoms with E-state index < -0.39 is 11.5 Å². The molecule has 0 aliphatic carbocycles. The molecule has 0 saturated carbocycles. The zero-order valence-electron chi connectivity index (χ0n) is 17.4. The molecule has 33 heavy (non-hydrogen) atoms. The van der Waals surface area contributed by atoms with E-state index in [0.717, 1.165) is 0 Å². The highest BCUT2D eigenvalue weighted by Crippen LogP contribution is 2.41. The minimum atomic E-state index is -0.740. The smallest absolute Gasteiger partial charge is 0.268 e. The number of anilines is 2. The first-order valence-corrected chi connectivity index (χ1v) is 10.1. The molecule has 2 aromatic carbocycles. The highest BCUT2D eigenvalue weighted by atomic mass is 35.5. The molecular weight excluding hydrogens is 446 g/mol. The summed E-state index contributed by atoms with van der Waals surface area (Å²) >= 11 is 6.41. The fourth-order valence-electron chi connectivity index (χ4n) is 3.10. The van der Waals surface area contributed by atoms with Crippen LogP contribution in [0.4, 0.5) is 11.5 Å². The van der Waals surface area contributed by atoms with Gasteiger partial charge in [0.2, 0.25) is 0 Å². The van der Waals surface area contributed by atoms with Crippen molar-refractivity contribution < 1.29 is 14.3 Å². The molecule has 9 nitrogen and oxygen atoms in total. The lowest BCUT2D eigenvalue weighted by Crippen LogP contribution is -2.20. The van der Waals surface area contributed by atoms with Gasteiger partial charge in [-0.1, -0.05) is 29.8 Å². The Morgan fingerprint density at radius 1 is 1.15 bits per heavy atom. The summed E-state index contributed by atoms with van der Waals surface area (Å²) in [5.74, 6) is -0.326. The predicted octanol–water partition coefficient (Wildman–Crippen LogP) is 3.44. The Bertz CT molecular complexity index is 1340. The molecule has 0 unspecified atom stereocenters. The number of halogens is 1. The Balaban J connectivity index is 1.99. The van der Waals surface area contributed by atoms with E-state index in [1.54, 1.807) is 37.3 Å². The van der Waals surface area contributed by atoms with Crippen LogP contribution in [0.1, 0.15) is 18.1 Å². The van der Waals surface area contributed by atoms with Crippen molar-refractivity contribution >= 4 is 29.0 Å². The number of hydrogen-bond donors (Lipinski definition) is 3. The van der Waals surface area contributed by atoms with E-state index >= 15 is 0 Å². The number of para-hydroxylation sites is 1. The molecule has 0 spiro atoms. The van der Waals surface area contributed by atoms with Crippen molar-refractivity contribution in [3.63, 3.8) is 0 Å². The Kier molecular flexibility index (Phi) is 7.19. The fourth-order valence-corrected chi connectivity index (χ4v) is 3.37. The van der Waals surface area contributed by atoms with Crippen molar-refractivity contribution in [3.05, 3.63) is 69.0 Å². The van der Waals surface area contributed by atoms with Gasteiger partial charge in [-0.25, -0.2) is 0 Å². The molecule has 0 radical (unpaired) electrons. The van der Waals surface area contributed by atoms with Crippen molar-refractivity contribution in [2.24, 2.45) is 0 Å². The second-order valence-electron chi connectivity index (χ2n) is 6.64. The average Bonchev–Trinajstić information content (AvgIpc) is 2.78. The van der Waals surface area contributed by atoms with Gasteiger partial charge in [-0.3, -0.25) is 9.59 Å². The van der Waals surface area contributed by atoms with Gasteiger partial charge in [-0.05, 0) is 36.8 Å². The van der Waals surface area contributed by atoms with Crippen LogP contribution in [0, 0.1) is 22.7 Å². The number of carbonyl (C=O) groups excluding carboxylic acids is 1. The van der Waals surface area contributed by atoms with Crippen LogP contribution in [0.15, 0.2) is 47.3 Å². The highest BCUT2D eigenvalue weighted by molar-refractivity contribution is 6.32. The summed E-state index contributed by atoms with van der Waals surface area (Å²) in [5, 5.41) is 21.8. The van der Waals surface area contributed by atoms with Crippen molar-refractivity contribution in [1.29, 1.82) is 10.5 Å². The van der Waals surface area contributed by atoms with Crippen LogP contribution in [0.5, 0.6) is 11.5 Å². The minimum Gasteiger partial charge on any atom is -0.490 e. The fraction of sp³-hybridized carbons (Fsp3) is 0.130. The van der Waals surface area contributed by atoms with Crippen LogP contribution in [0.3, 0.4) is 0 Å². The number of nitrogens with two attached hydrogens (primary N) is 1. The zero-order valence-corrected chi connectivity index (χ0v) is 18.2. The number of nitrogen functional groups attached to an aromatic ring is 1. The minimum absolute atomic E-state index is 0.0254. The quantitative estimate of drug-likeness (QED) is 0.484. The van der Waals surface area contributed by atoms with Gasteiger partial charge >= 0.3 is 0 Å². The molecule has 0 aliphatic rings. The molecule has 0 bridgehead atoms. The van der Waals surface area contributed by atoms with E-state index in [9.17, 15) is 20.1 Å². The van der Waals surface area contributed by atoms with E-state index in [1.807, 2.05) is 12.1 Å². The molecule has 3 aromatic rings. The van der Waals surface area contributed by atoms with Crippen molar-refractivity contribution in [2.45, 2.75) is 6.92 Å². The third kappa shape index (κ3) is 5.06. The normalized spacial score (nSPS) is 10.1. The summed E-state index contributed by atoms with van der Waals surface area (Å²) in [7, 11) is 0. The second kappa shape index (κ2) is 10.2. The van der Waals surface area contributed by atoms with Crippen LogP contribution in [-0.2, 0) is 4.79 Å². The average molecular weight is 464 g/mol. The predicted molar refractivity (Wildman–Crippen MR) is 123 cm³/mol. The zero-order chi connectivity index (χ0) is 24.0. The number of hydrogen-bond acceptors (Lipinski definition) is 7. The molecule has 10 heteroatoms. The lowest BCUT2D eigenvalue weighted by atomic mass is 9.96. The van der Waals surface area contributed by atoms with Crippen LogP contribution >= 0.6 is 11.6 Å². The number of H-pyrrole nitrogens is 1. The number of nitrogens with zero attached hydrogens (tertiary/aromatic N) is 2. The van der Waals surface area contributed by atoms with Crippen LogP contribution in [0.25, 0.3) is 11.1 Å². The molecule has 0 saturated heterocycles. The Morgan fingerprint density at radius 2 is 1.85 bits per heavy atom. The maximum absolute atomic E-state index is 12.3. The maximum Gasteiger partial charge on any atom is 0.268 e. The molecule has 3 rings (SSSR count). The molecule has 1 heterocycles. The summed E-state index contributed by atoms with van der Waals surface area (Å²) < 4.78 is 11.2. The number of pyridine rings is 1. The van der Waals surface area contributed by atoms with E-state index in [4.69, 9.17) is 26.8 Å². The highest BCUT2D eigenvalue weighted by Gasteiger charge is 2.22. The molecule has 1 amide bonds. The third-order valence-corrected chi connectivity index (χ3v) is 4.75. The number of aromatic amines is 1. The van der Waals surface area contributed by atoms with Crippen molar-refractivity contribution in [2.75, 3.05) is 24.3 Å². The second-order valence-corrected chi connectivity index (χ2v) is 7.04. The molecule has 1 aromatic heterocycles. The van der Waals surface area contributed by atoms with Gasteiger partial charge in [-0.15, -0.1) is 0 Å². The van der Waals surface area contributed by atoms with Gasteiger partial charge in [-0.2, -0.15) is 10.5 Å². The number of benzene rings is 2. The van der Waals surface area contributed by atoms with E-state index in [0.29, 0.717) is 5.69 Å². The summed E-state index contributed by atoms with van der Waals surface area (Å²) in [6, 6.07) is 15.4. The largest absolute Gasteiger partial charge is 0.490 e. The standard InChI is InChI=1S/C23H18ClN5O4/c1-2-32-18-9-13(20-15(10-25)22(27)29-23(31)16(20)11-26)8-17(24)21(18)33-12-19(30)28-14-6-4-3-5-7-14/h3-9H,2,12H2,1H3,(H,28,30)(H3,27,29,31). The van der Waals surface area contributed by atoms with Gasteiger partial charge in [0, 0.05) is 11.3 Å². The SMILES string of the molecule is CCOc1cc(-c2c(C#N)c(N)[nH]c(=O)c2C#N)cc(Cl)c1OCC(=O)Nc1ccccc1. The van der Waals surface area contributed by atoms with Gasteiger partial charge in [0.15, 0.2) is 18.1 Å². The molecular formula is C23H18ClN5O4. The molecule has 0 fully saturated rings. The van der Waals surface area contributed by atoms with Crippen LogP contribution in [0.2, 0.25) is 5.02 Å². The number of aromatic nitrogens is 1. The topological polar surface area (TPSA) is 154 Å². The third-order valence-electron chi connectivity index (χ3n) is 4.47. The monoisotopic (exact) mass is 463 g/mol. The van der Waals surface area contributed by atoms with Crippen molar-refractivity contribution in [1.82, 2.24) is 4.98 Å². The number of nitrogens with one attached hydrogen (secondary N) is 2. The molecule has 4 N–H and O–H groups in total. The van der Waals surface area contributed by atoms with Crippen LogP contribution in [-0.4, -0.2) is 24.1 Å². The van der Waals surface area contributed by atoms with E-state index in [1.165, 1.54) is 12.1 Å². The number of nitriles is 2. The summed E-state index contributed by atoms with van der Waals surface area (Å²) in [4.78, 5) is 26.8. The first-order valence-electron chi connectivity index (χ1n) is 9.69. The summed E-state index contributed by atoms with van der Waals surface area (Å²) in [6.07, 6.45) is 0. The molecule has 166 valence electrons. The first-order chi connectivity index (χ1) is 15.9. The van der Waals surface area contributed by atoms with Gasteiger partial charge in [0.1, 0.15) is 29.1 Å². The van der Waals surface area contributed by atoms with Gasteiger partial charge in [0.25, 0.3) is 11.5 Å². The Hall–Kier alpha value is -4.47. The Labute approximate surface area is 193 Å². The number of ether oxygens (including phenoxy) is 2. The van der Waals surface area contributed by atoms with E-state index in [-0.39, 0.29) is 57.8 Å². The first kappa shape index (κ1) is 23.2. The van der Waals surface area contributed by atoms with Crippen molar-refractivity contribution in [3.8, 4) is 34.8 Å². The summed E-state index contributed by atoms with van der Waals surface area (Å²) in [6.45, 7) is 1.62. The summed E-state index contributed by atoms with van der Waals surface area (Å²) in [5.41, 5.74) is 5.56. The number of carbonyl (C=O) groups is 1. The number of amides is 1. The van der Waals surface area contributed by atoms with Crippen LogP contribution < -0.4 is 26.1 Å². The van der Waals surface area contributed by atoms with E-state index in [2.05, 4.69) is 10.3 Å². The molecule has 0 atom stereocenters.